The Balaban J connectivity index is 1.53. The first-order valence-electron chi connectivity index (χ1n) is 12.8. The van der Waals surface area contributed by atoms with Crippen molar-refractivity contribution in [3.05, 3.63) is 112 Å². The number of halogens is 1. The van der Waals surface area contributed by atoms with Gasteiger partial charge in [0.15, 0.2) is 0 Å². The van der Waals surface area contributed by atoms with E-state index in [4.69, 9.17) is 21.1 Å². The van der Waals surface area contributed by atoms with Gasteiger partial charge in [0.2, 0.25) is 0 Å². The van der Waals surface area contributed by atoms with Gasteiger partial charge in [-0.15, -0.1) is 0 Å². The molecule has 39 heavy (non-hydrogen) atoms. The molecule has 2 N–H and O–H groups in total. The number of hydrogen-bond acceptors (Lipinski definition) is 4. The van der Waals surface area contributed by atoms with Crippen molar-refractivity contribution in [2.45, 2.75) is 33.3 Å². The molecule has 4 rings (SSSR count). The van der Waals surface area contributed by atoms with Crippen molar-refractivity contribution in [1.29, 1.82) is 0 Å². The second kappa shape index (κ2) is 13.0. The molecule has 0 aliphatic rings. The van der Waals surface area contributed by atoms with E-state index in [9.17, 15) is 14.7 Å². The lowest BCUT2D eigenvalue weighted by atomic mass is 9.96. The summed E-state index contributed by atoms with van der Waals surface area (Å²) in [5.41, 5.74) is 4.49. The summed E-state index contributed by atoms with van der Waals surface area (Å²) in [7, 11) is 0. The van der Waals surface area contributed by atoms with E-state index in [-0.39, 0.29) is 23.8 Å². The molecule has 0 aromatic heterocycles. The summed E-state index contributed by atoms with van der Waals surface area (Å²) in [6, 6.07) is 25.2. The molecule has 6 nitrogen and oxygen atoms in total. The van der Waals surface area contributed by atoms with Crippen LogP contribution in [0.1, 0.15) is 52.1 Å². The fourth-order valence-corrected chi connectivity index (χ4v) is 4.29. The van der Waals surface area contributed by atoms with Crippen LogP contribution in [0.15, 0.2) is 84.9 Å². The van der Waals surface area contributed by atoms with Gasteiger partial charge in [0.05, 0.1) is 6.61 Å². The Morgan fingerprint density at radius 2 is 1.62 bits per heavy atom. The van der Waals surface area contributed by atoms with Crippen molar-refractivity contribution >= 4 is 29.2 Å². The van der Waals surface area contributed by atoms with Gasteiger partial charge in [-0.3, -0.25) is 4.79 Å². The smallest absolute Gasteiger partial charge is 0.339 e. The zero-order valence-corrected chi connectivity index (χ0v) is 22.6. The number of anilines is 1. The van der Waals surface area contributed by atoms with Crippen LogP contribution in [0.3, 0.4) is 0 Å². The molecular formula is C32H30ClNO5. The van der Waals surface area contributed by atoms with E-state index in [1.54, 1.807) is 30.3 Å². The normalized spacial score (nSPS) is 10.6. The molecule has 200 valence electrons. The van der Waals surface area contributed by atoms with Crippen molar-refractivity contribution < 1.29 is 24.2 Å². The fraction of sp³-hybridized carbons (Fsp3) is 0.188. The SMILES string of the molecule is CCCOc1ccccc1-c1ccc(C(=O)Nc2ccc(OCc3ccc(Cl)cc3)c(C(=O)O)c2)c(CC)c1. The van der Waals surface area contributed by atoms with Crippen LogP contribution in [-0.2, 0) is 13.0 Å². The maximum absolute atomic E-state index is 13.2. The molecule has 1 amide bonds. The Kier molecular flexibility index (Phi) is 9.23. The summed E-state index contributed by atoms with van der Waals surface area (Å²) in [5, 5.41) is 13.2. The molecule has 4 aromatic carbocycles. The van der Waals surface area contributed by atoms with E-state index in [0.29, 0.717) is 29.3 Å². The average Bonchev–Trinajstić information content (AvgIpc) is 2.95. The number of benzene rings is 4. The number of hydrogen-bond donors (Lipinski definition) is 2. The van der Waals surface area contributed by atoms with Crippen molar-refractivity contribution in [3.8, 4) is 22.6 Å². The molecular weight excluding hydrogens is 514 g/mol. The highest BCUT2D eigenvalue weighted by Crippen LogP contribution is 2.32. The highest BCUT2D eigenvalue weighted by molar-refractivity contribution is 6.30. The number of carboxylic acids is 1. The molecule has 0 atom stereocenters. The van der Waals surface area contributed by atoms with E-state index in [1.807, 2.05) is 55.5 Å². The third kappa shape index (κ3) is 6.98. The van der Waals surface area contributed by atoms with Crippen molar-refractivity contribution in [1.82, 2.24) is 0 Å². The molecule has 7 heteroatoms. The molecule has 0 radical (unpaired) electrons. The minimum Gasteiger partial charge on any atom is -0.493 e. The molecule has 0 unspecified atom stereocenters. The van der Waals surface area contributed by atoms with Crippen LogP contribution in [-0.4, -0.2) is 23.6 Å². The molecule has 0 bridgehead atoms. The van der Waals surface area contributed by atoms with Gasteiger partial charge >= 0.3 is 5.97 Å². The third-order valence-corrected chi connectivity index (χ3v) is 6.42. The zero-order valence-electron chi connectivity index (χ0n) is 21.9. The van der Waals surface area contributed by atoms with Crippen molar-refractivity contribution in [3.63, 3.8) is 0 Å². The number of nitrogens with one attached hydrogen (secondary N) is 1. The number of aryl methyl sites for hydroxylation is 1. The standard InChI is InChI=1S/C32H30ClNO5/c1-3-17-38-29-8-6-5-7-26(29)23-11-15-27(22(4-2)18-23)31(35)34-25-14-16-30(28(19-25)32(36)37)39-20-21-9-12-24(33)13-10-21/h5-16,18-19H,3-4,17,20H2,1-2H3,(H,34,35)(H,36,37). The van der Waals surface area contributed by atoms with Crippen LogP contribution in [0.5, 0.6) is 11.5 Å². The quantitative estimate of drug-likeness (QED) is 0.201. The van der Waals surface area contributed by atoms with Crippen LogP contribution in [0, 0.1) is 0 Å². The van der Waals surface area contributed by atoms with Gasteiger partial charge in [-0.1, -0.05) is 67.9 Å². The molecule has 0 fully saturated rings. The highest BCUT2D eigenvalue weighted by Gasteiger charge is 2.17. The molecule has 0 saturated heterocycles. The maximum Gasteiger partial charge on any atom is 0.339 e. The summed E-state index contributed by atoms with van der Waals surface area (Å²) in [6.07, 6.45) is 1.55. The first-order valence-corrected chi connectivity index (χ1v) is 13.2. The largest absolute Gasteiger partial charge is 0.493 e. The van der Waals surface area contributed by atoms with Crippen LogP contribution in [0.4, 0.5) is 5.69 Å². The predicted molar refractivity (Wildman–Crippen MR) is 154 cm³/mol. The summed E-state index contributed by atoms with van der Waals surface area (Å²) in [6.45, 7) is 4.86. The van der Waals surface area contributed by atoms with Crippen LogP contribution < -0.4 is 14.8 Å². The third-order valence-electron chi connectivity index (χ3n) is 6.17. The van der Waals surface area contributed by atoms with Gasteiger partial charge in [0.25, 0.3) is 5.91 Å². The predicted octanol–water partition coefficient (Wildman–Crippen LogP) is 7.89. The van der Waals surface area contributed by atoms with Crippen LogP contribution >= 0.6 is 11.6 Å². The van der Waals surface area contributed by atoms with Gasteiger partial charge in [0, 0.05) is 21.8 Å². The first kappa shape index (κ1) is 27.7. The summed E-state index contributed by atoms with van der Waals surface area (Å²) in [5.74, 6) is -0.462. The topological polar surface area (TPSA) is 84.9 Å². The second-order valence-corrected chi connectivity index (χ2v) is 9.39. The Hall–Kier alpha value is -4.29. The van der Waals surface area contributed by atoms with E-state index >= 15 is 0 Å². The molecule has 0 heterocycles. The first-order chi connectivity index (χ1) is 18.9. The van der Waals surface area contributed by atoms with Gasteiger partial charge in [-0.05, 0) is 72.0 Å². The van der Waals surface area contributed by atoms with E-state index in [2.05, 4.69) is 12.2 Å². The minimum absolute atomic E-state index is 0.0449. The number of carbonyl (C=O) groups is 2. The van der Waals surface area contributed by atoms with Gasteiger partial charge < -0.3 is 19.9 Å². The fourth-order valence-electron chi connectivity index (χ4n) is 4.16. The number of ether oxygens (including phenoxy) is 2. The van der Waals surface area contributed by atoms with E-state index < -0.39 is 5.97 Å². The van der Waals surface area contributed by atoms with Crippen LogP contribution in [0.25, 0.3) is 11.1 Å². The Labute approximate surface area is 233 Å². The number of carboxylic acid groups (broad SMARTS) is 1. The maximum atomic E-state index is 13.2. The lowest BCUT2D eigenvalue weighted by molar-refractivity contribution is 0.0691. The number of carbonyl (C=O) groups excluding carboxylic acids is 1. The average molecular weight is 544 g/mol. The number of para-hydroxylation sites is 1. The number of amides is 1. The monoisotopic (exact) mass is 543 g/mol. The van der Waals surface area contributed by atoms with E-state index in [1.165, 1.54) is 6.07 Å². The molecule has 0 aliphatic carbocycles. The Morgan fingerprint density at radius 3 is 2.33 bits per heavy atom. The lowest BCUT2D eigenvalue weighted by Gasteiger charge is -2.15. The van der Waals surface area contributed by atoms with Gasteiger partial charge in [-0.2, -0.15) is 0 Å². The van der Waals surface area contributed by atoms with Gasteiger partial charge in [0.1, 0.15) is 23.7 Å². The Morgan fingerprint density at radius 1 is 0.846 bits per heavy atom. The zero-order chi connectivity index (χ0) is 27.8. The van der Waals surface area contributed by atoms with Crippen molar-refractivity contribution in [2.75, 3.05) is 11.9 Å². The Bertz CT molecular complexity index is 1470. The summed E-state index contributed by atoms with van der Waals surface area (Å²) < 4.78 is 11.7. The van der Waals surface area contributed by atoms with Crippen LogP contribution in [0.2, 0.25) is 5.02 Å². The molecule has 4 aromatic rings. The van der Waals surface area contributed by atoms with E-state index in [0.717, 1.165) is 34.4 Å². The lowest BCUT2D eigenvalue weighted by Crippen LogP contribution is -2.15. The number of aromatic carboxylic acids is 1. The molecule has 0 spiro atoms. The van der Waals surface area contributed by atoms with Gasteiger partial charge in [-0.25, -0.2) is 4.79 Å². The summed E-state index contributed by atoms with van der Waals surface area (Å²) in [4.78, 5) is 25.2. The number of rotatable bonds is 11. The highest BCUT2D eigenvalue weighted by atomic mass is 35.5. The van der Waals surface area contributed by atoms with Crippen molar-refractivity contribution in [2.24, 2.45) is 0 Å². The molecule has 0 saturated carbocycles. The second-order valence-electron chi connectivity index (χ2n) is 8.96. The summed E-state index contributed by atoms with van der Waals surface area (Å²) >= 11 is 5.92. The minimum atomic E-state index is -1.15. The molecule has 0 aliphatic heterocycles.